The van der Waals surface area contributed by atoms with Gasteiger partial charge in [0.15, 0.2) is 0 Å². The molecule has 1 aliphatic rings. The first-order valence-electron chi connectivity index (χ1n) is 2.88. The van der Waals surface area contributed by atoms with Crippen LogP contribution in [0.5, 0.6) is 0 Å². The quantitative estimate of drug-likeness (QED) is 0.625. The van der Waals surface area contributed by atoms with Gasteiger partial charge in [0.05, 0.1) is 0 Å². The van der Waals surface area contributed by atoms with Gasteiger partial charge in [0.25, 0.3) is 0 Å². The van der Waals surface area contributed by atoms with E-state index in [2.05, 4.69) is 26.7 Å². The third kappa shape index (κ3) is 13.4. The zero-order valence-electron chi connectivity index (χ0n) is 5.56. The minimum atomic E-state index is -3.72. The number of nitrogens with one attached hydrogen (secondary N) is 1. The van der Waals surface area contributed by atoms with Crippen LogP contribution in [0.1, 0.15) is 6.42 Å². The van der Waals surface area contributed by atoms with E-state index < -0.39 is 14.4 Å². The SMILES string of the molecule is F[C@@H]1CCNC1.O=S(=O)(Cl)Cl. The maximum Gasteiger partial charge on any atom is 0.317 e. The minimum absolute atomic E-state index is 0.565. The summed E-state index contributed by atoms with van der Waals surface area (Å²) >= 11 is 0. The van der Waals surface area contributed by atoms with Gasteiger partial charge < -0.3 is 5.32 Å². The molecular formula is C4H8Cl2FNO2S. The molecule has 68 valence electrons. The van der Waals surface area contributed by atoms with Crippen LogP contribution in [0.4, 0.5) is 4.39 Å². The lowest BCUT2D eigenvalue weighted by atomic mass is 10.4. The fourth-order valence-electron chi connectivity index (χ4n) is 0.619. The van der Waals surface area contributed by atoms with Crippen molar-refractivity contribution in [2.24, 2.45) is 0 Å². The van der Waals surface area contributed by atoms with Crippen molar-refractivity contribution in [3.05, 3.63) is 0 Å². The molecule has 1 N–H and O–H groups in total. The highest BCUT2D eigenvalue weighted by Crippen LogP contribution is 1.99. The maximum absolute atomic E-state index is 11.9. The summed E-state index contributed by atoms with van der Waals surface area (Å²) < 4.78 is 30.2. The third-order valence-corrected chi connectivity index (χ3v) is 1.00. The van der Waals surface area contributed by atoms with Crippen molar-refractivity contribution < 1.29 is 12.8 Å². The summed E-state index contributed by atoms with van der Waals surface area (Å²) in [6, 6.07) is 0. The molecule has 1 heterocycles. The van der Waals surface area contributed by atoms with Gasteiger partial charge in [-0.3, -0.25) is 0 Å². The topological polar surface area (TPSA) is 46.2 Å². The molecule has 1 rings (SSSR count). The van der Waals surface area contributed by atoms with Gasteiger partial charge in [-0.2, -0.15) is 8.42 Å². The van der Waals surface area contributed by atoms with Crippen molar-refractivity contribution >= 4 is 29.6 Å². The summed E-state index contributed by atoms with van der Waals surface area (Å²) in [5, 5.41) is 2.90. The van der Waals surface area contributed by atoms with Crippen LogP contribution in [0.15, 0.2) is 0 Å². The molecule has 0 radical (unpaired) electrons. The maximum atomic E-state index is 11.9. The summed E-state index contributed by atoms with van der Waals surface area (Å²) in [6.45, 7) is 1.43. The van der Waals surface area contributed by atoms with Crippen molar-refractivity contribution in [2.75, 3.05) is 13.1 Å². The second-order valence-electron chi connectivity index (χ2n) is 1.97. The van der Waals surface area contributed by atoms with Gasteiger partial charge in [-0.1, -0.05) is 0 Å². The van der Waals surface area contributed by atoms with Gasteiger partial charge in [0.1, 0.15) is 6.17 Å². The molecule has 1 aliphatic heterocycles. The van der Waals surface area contributed by atoms with Crippen LogP contribution < -0.4 is 5.32 Å². The average Bonchev–Trinajstić information content (AvgIpc) is 2.12. The molecule has 0 bridgehead atoms. The monoisotopic (exact) mass is 223 g/mol. The third-order valence-electron chi connectivity index (χ3n) is 1.00. The van der Waals surface area contributed by atoms with Crippen LogP contribution in [0.25, 0.3) is 0 Å². The van der Waals surface area contributed by atoms with Gasteiger partial charge in [0, 0.05) is 27.9 Å². The molecule has 0 aromatic heterocycles. The molecule has 0 aromatic carbocycles. The smallest absolute Gasteiger partial charge is 0.314 e. The molecule has 1 fully saturated rings. The van der Waals surface area contributed by atoms with E-state index >= 15 is 0 Å². The number of alkyl halides is 1. The van der Waals surface area contributed by atoms with Crippen LogP contribution in [0, 0.1) is 0 Å². The first-order chi connectivity index (χ1) is 4.89. The van der Waals surface area contributed by atoms with Crippen LogP contribution in [-0.2, 0) is 8.26 Å². The van der Waals surface area contributed by atoms with Crippen molar-refractivity contribution in [2.45, 2.75) is 12.6 Å². The molecule has 0 saturated carbocycles. The lowest BCUT2D eigenvalue weighted by molar-refractivity contribution is 0.361. The van der Waals surface area contributed by atoms with E-state index in [1.54, 1.807) is 0 Å². The standard InChI is InChI=1S/C4H8FN.Cl2O2S/c5-4-1-2-6-3-4;1-5(2,3)4/h4,6H,1-3H2;/t4-;/m1./s1. The van der Waals surface area contributed by atoms with Gasteiger partial charge in [-0.05, 0) is 13.0 Å². The lowest BCUT2D eigenvalue weighted by Gasteiger charge is -1.86. The zero-order chi connectivity index (χ0) is 8.91. The summed E-state index contributed by atoms with van der Waals surface area (Å²) in [6.07, 6.45) is 0.144. The Kier molecular flexibility index (Phi) is 5.33. The van der Waals surface area contributed by atoms with Crippen LogP contribution in [-0.4, -0.2) is 27.7 Å². The second kappa shape index (κ2) is 5.13. The zero-order valence-corrected chi connectivity index (χ0v) is 7.89. The highest BCUT2D eigenvalue weighted by Gasteiger charge is 2.10. The molecule has 7 heteroatoms. The predicted molar refractivity (Wildman–Crippen MR) is 43.0 cm³/mol. The van der Waals surface area contributed by atoms with Crippen molar-refractivity contribution in [1.82, 2.24) is 5.32 Å². The van der Waals surface area contributed by atoms with Crippen LogP contribution in [0.2, 0.25) is 0 Å². The molecule has 3 nitrogen and oxygen atoms in total. The molecule has 1 saturated heterocycles. The number of halogens is 3. The van der Waals surface area contributed by atoms with Gasteiger partial charge in [0.2, 0.25) is 0 Å². The average molecular weight is 224 g/mol. The fraction of sp³-hybridized carbons (Fsp3) is 1.00. The number of rotatable bonds is 0. The molecule has 11 heavy (non-hydrogen) atoms. The largest absolute Gasteiger partial charge is 0.317 e. The summed E-state index contributed by atoms with van der Waals surface area (Å²) in [4.78, 5) is 0. The highest BCUT2D eigenvalue weighted by atomic mass is 36.0. The van der Waals surface area contributed by atoms with Crippen LogP contribution >= 0.6 is 21.4 Å². The lowest BCUT2D eigenvalue weighted by Crippen LogP contribution is -2.08. The molecule has 1 atom stereocenters. The Bertz CT molecular complexity index is 182. The first-order valence-corrected chi connectivity index (χ1v) is 6.02. The van der Waals surface area contributed by atoms with Crippen molar-refractivity contribution in [1.29, 1.82) is 0 Å². The summed E-state index contributed by atoms with van der Waals surface area (Å²) in [5.41, 5.74) is 0. The predicted octanol–water partition coefficient (Wildman–Crippen LogP) is 1.03. The molecule has 0 unspecified atom stereocenters. The Labute approximate surface area is 73.8 Å². The van der Waals surface area contributed by atoms with Crippen LogP contribution in [0.3, 0.4) is 0 Å². The van der Waals surface area contributed by atoms with E-state index in [4.69, 9.17) is 8.42 Å². The normalized spacial score (nSPS) is 24.1. The van der Waals surface area contributed by atoms with E-state index in [1.165, 1.54) is 0 Å². The van der Waals surface area contributed by atoms with Gasteiger partial charge >= 0.3 is 8.26 Å². The first kappa shape index (κ1) is 11.4. The van der Waals surface area contributed by atoms with Gasteiger partial charge in [-0.25, -0.2) is 4.39 Å². The van der Waals surface area contributed by atoms with E-state index in [0.717, 1.165) is 6.54 Å². The number of hydrogen-bond donors (Lipinski definition) is 1. The van der Waals surface area contributed by atoms with E-state index in [1.807, 2.05) is 0 Å². The van der Waals surface area contributed by atoms with E-state index in [-0.39, 0.29) is 0 Å². The van der Waals surface area contributed by atoms with E-state index in [0.29, 0.717) is 13.0 Å². The Morgan fingerprint density at radius 1 is 1.45 bits per heavy atom. The molecule has 0 aliphatic carbocycles. The Morgan fingerprint density at radius 2 is 1.91 bits per heavy atom. The molecule has 0 aromatic rings. The molecule has 0 spiro atoms. The Morgan fingerprint density at radius 3 is 2.00 bits per heavy atom. The highest BCUT2D eigenvalue weighted by molar-refractivity contribution is 8.31. The van der Waals surface area contributed by atoms with Gasteiger partial charge in [-0.15, -0.1) is 0 Å². The second-order valence-corrected chi connectivity index (χ2v) is 5.64. The van der Waals surface area contributed by atoms with E-state index in [9.17, 15) is 4.39 Å². The molecule has 0 amide bonds. The molecular weight excluding hydrogens is 216 g/mol. The fourth-order valence-corrected chi connectivity index (χ4v) is 0.619. The minimum Gasteiger partial charge on any atom is -0.314 e. The number of hydrogen-bond acceptors (Lipinski definition) is 3. The van der Waals surface area contributed by atoms with Crippen molar-refractivity contribution in [3.8, 4) is 0 Å². The summed E-state index contributed by atoms with van der Waals surface area (Å²) in [7, 11) is 4.81. The Hall–Kier alpha value is 0.420. The summed E-state index contributed by atoms with van der Waals surface area (Å²) in [5.74, 6) is 0. The Balaban J connectivity index is 0.000000187. The van der Waals surface area contributed by atoms with Crippen molar-refractivity contribution in [3.63, 3.8) is 0 Å².